The van der Waals surface area contributed by atoms with Crippen molar-refractivity contribution in [3.63, 3.8) is 0 Å². The van der Waals surface area contributed by atoms with Crippen LogP contribution in [0.15, 0.2) is 0 Å². The Kier molecular flexibility index (Phi) is 5.85. The summed E-state index contributed by atoms with van der Waals surface area (Å²) < 4.78 is 4.96. The van der Waals surface area contributed by atoms with Gasteiger partial charge >= 0.3 is 5.97 Å². The van der Waals surface area contributed by atoms with Crippen LogP contribution in [0.4, 0.5) is 0 Å². The van der Waals surface area contributed by atoms with Crippen LogP contribution in [0.1, 0.15) is 52.4 Å². The molecule has 0 bridgehead atoms. The van der Waals surface area contributed by atoms with Crippen molar-refractivity contribution in [2.45, 2.75) is 70.5 Å². The van der Waals surface area contributed by atoms with Crippen molar-refractivity contribution in [3.8, 4) is 0 Å². The van der Waals surface area contributed by atoms with Crippen LogP contribution in [0, 0.1) is 5.92 Å². The minimum atomic E-state index is -0.0502. The second-order valence-corrected chi connectivity index (χ2v) is 6.70. The van der Waals surface area contributed by atoms with Gasteiger partial charge in [-0.15, -0.1) is 0 Å². The van der Waals surface area contributed by atoms with Crippen LogP contribution >= 0.6 is 0 Å². The number of nitrogens with zero attached hydrogens (tertiary/aromatic N) is 1. The van der Waals surface area contributed by atoms with Crippen molar-refractivity contribution in [1.29, 1.82) is 0 Å². The highest BCUT2D eigenvalue weighted by Crippen LogP contribution is 2.23. The molecule has 2 aliphatic rings. The third kappa shape index (κ3) is 4.19. The summed E-state index contributed by atoms with van der Waals surface area (Å²) in [7, 11) is 1.50. The van der Waals surface area contributed by atoms with Crippen LogP contribution in [-0.2, 0) is 9.53 Å². The number of nitrogens with one attached hydrogen (secondary N) is 1. The minimum absolute atomic E-state index is 0.0252. The molecule has 1 saturated heterocycles. The Morgan fingerprint density at radius 3 is 2.45 bits per heavy atom. The van der Waals surface area contributed by atoms with E-state index in [4.69, 9.17) is 4.74 Å². The van der Waals surface area contributed by atoms with Crippen molar-refractivity contribution in [2.24, 2.45) is 5.92 Å². The summed E-state index contributed by atoms with van der Waals surface area (Å²) in [6.07, 6.45) is 7.58. The van der Waals surface area contributed by atoms with Crippen LogP contribution in [0.3, 0.4) is 0 Å². The van der Waals surface area contributed by atoms with E-state index in [2.05, 4.69) is 24.1 Å². The molecule has 1 saturated carbocycles. The molecule has 0 aromatic rings. The fourth-order valence-corrected chi connectivity index (χ4v) is 3.62. The number of likely N-dealkylation sites (tertiary alicyclic amines) is 1. The fourth-order valence-electron chi connectivity index (χ4n) is 3.62. The molecule has 1 aliphatic heterocycles. The molecule has 20 heavy (non-hydrogen) atoms. The average molecular weight is 282 g/mol. The smallest absolute Gasteiger partial charge is 0.310 e. The zero-order valence-corrected chi connectivity index (χ0v) is 13.2. The van der Waals surface area contributed by atoms with Crippen LogP contribution in [0.25, 0.3) is 0 Å². The molecule has 2 fully saturated rings. The standard InChI is InChI=1S/C16H30N2O2/c1-12(2)18-10-13(16(19)20-3)9-15(11-18)17-14-7-5-4-6-8-14/h12-15,17H,4-11H2,1-3H3. The lowest BCUT2D eigenvalue weighted by molar-refractivity contribution is -0.148. The van der Waals surface area contributed by atoms with Crippen molar-refractivity contribution in [3.05, 3.63) is 0 Å². The maximum absolute atomic E-state index is 11.9. The van der Waals surface area contributed by atoms with Crippen molar-refractivity contribution >= 4 is 5.97 Å². The highest BCUT2D eigenvalue weighted by Gasteiger charge is 2.34. The van der Waals surface area contributed by atoms with Gasteiger partial charge in [0.1, 0.15) is 0 Å². The van der Waals surface area contributed by atoms with Gasteiger partial charge in [-0.3, -0.25) is 9.69 Å². The number of rotatable bonds is 4. The number of ether oxygens (including phenoxy) is 1. The molecule has 116 valence electrons. The van der Waals surface area contributed by atoms with E-state index in [1.54, 1.807) is 0 Å². The number of hydrogen-bond donors (Lipinski definition) is 1. The molecule has 0 aromatic carbocycles. The SMILES string of the molecule is COC(=O)C1CC(NC2CCCCC2)CN(C(C)C)C1. The molecule has 1 N–H and O–H groups in total. The van der Waals surface area contributed by atoms with Crippen molar-refractivity contribution < 1.29 is 9.53 Å². The van der Waals surface area contributed by atoms with E-state index in [1.807, 2.05) is 0 Å². The monoisotopic (exact) mass is 282 g/mol. The van der Waals surface area contributed by atoms with E-state index < -0.39 is 0 Å². The summed E-state index contributed by atoms with van der Waals surface area (Å²) in [4.78, 5) is 14.3. The van der Waals surface area contributed by atoms with Gasteiger partial charge in [-0.1, -0.05) is 19.3 Å². The van der Waals surface area contributed by atoms with Gasteiger partial charge in [-0.05, 0) is 33.1 Å². The molecule has 4 heteroatoms. The quantitative estimate of drug-likeness (QED) is 0.803. The Morgan fingerprint density at radius 1 is 1.15 bits per heavy atom. The summed E-state index contributed by atoms with van der Waals surface area (Å²) in [5, 5.41) is 3.80. The summed E-state index contributed by atoms with van der Waals surface area (Å²) in [6.45, 7) is 6.31. The Labute approximate surface area is 123 Å². The van der Waals surface area contributed by atoms with E-state index in [0.29, 0.717) is 18.1 Å². The zero-order chi connectivity index (χ0) is 14.5. The molecule has 2 unspecified atom stereocenters. The first-order valence-corrected chi connectivity index (χ1v) is 8.18. The molecular formula is C16H30N2O2. The van der Waals surface area contributed by atoms with Crippen LogP contribution in [-0.4, -0.2) is 49.2 Å². The molecule has 0 aromatic heterocycles. The van der Waals surface area contributed by atoms with E-state index >= 15 is 0 Å². The zero-order valence-electron chi connectivity index (χ0n) is 13.2. The lowest BCUT2D eigenvalue weighted by atomic mass is 9.90. The molecule has 4 nitrogen and oxygen atoms in total. The van der Waals surface area contributed by atoms with Crippen LogP contribution in [0.5, 0.6) is 0 Å². The average Bonchev–Trinajstić information content (AvgIpc) is 2.47. The summed E-state index contributed by atoms with van der Waals surface area (Å²) in [5.74, 6) is -0.0250. The van der Waals surface area contributed by atoms with E-state index in [-0.39, 0.29) is 11.9 Å². The predicted molar refractivity (Wildman–Crippen MR) is 80.6 cm³/mol. The lowest BCUT2D eigenvalue weighted by Crippen LogP contribution is -2.55. The highest BCUT2D eigenvalue weighted by molar-refractivity contribution is 5.72. The highest BCUT2D eigenvalue weighted by atomic mass is 16.5. The number of methoxy groups -OCH3 is 1. The van der Waals surface area contributed by atoms with Gasteiger partial charge in [0.25, 0.3) is 0 Å². The second-order valence-electron chi connectivity index (χ2n) is 6.70. The van der Waals surface area contributed by atoms with E-state index in [9.17, 15) is 4.79 Å². The van der Waals surface area contributed by atoms with Gasteiger partial charge < -0.3 is 10.1 Å². The molecule has 0 amide bonds. The minimum Gasteiger partial charge on any atom is -0.469 e. The van der Waals surface area contributed by atoms with Gasteiger partial charge in [0.05, 0.1) is 13.0 Å². The molecule has 0 spiro atoms. The van der Waals surface area contributed by atoms with Crippen LogP contribution in [0.2, 0.25) is 0 Å². The predicted octanol–water partition coefficient (Wildman–Crippen LogP) is 2.18. The van der Waals surface area contributed by atoms with Gasteiger partial charge in [-0.2, -0.15) is 0 Å². The molecular weight excluding hydrogens is 252 g/mol. The maximum atomic E-state index is 11.9. The van der Waals surface area contributed by atoms with E-state index in [0.717, 1.165) is 19.5 Å². The number of carbonyl (C=O) groups excluding carboxylic acids is 1. The third-order valence-electron chi connectivity index (χ3n) is 4.82. The Hall–Kier alpha value is -0.610. The van der Waals surface area contributed by atoms with Crippen LogP contribution < -0.4 is 5.32 Å². The Morgan fingerprint density at radius 2 is 1.85 bits per heavy atom. The summed E-state index contributed by atoms with van der Waals surface area (Å²) in [5.41, 5.74) is 0. The van der Waals surface area contributed by atoms with Gasteiger partial charge in [0.2, 0.25) is 0 Å². The van der Waals surface area contributed by atoms with Crippen molar-refractivity contribution in [1.82, 2.24) is 10.2 Å². The normalized spacial score (nSPS) is 29.6. The second kappa shape index (κ2) is 7.41. The van der Waals surface area contributed by atoms with Crippen molar-refractivity contribution in [2.75, 3.05) is 20.2 Å². The summed E-state index contributed by atoms with van der Waals surface area (Å²) in [6, 6.07) is 1.57. The first-order chi connectivity index (χ1) is 9.60. The number of esters is 1. The van der Waals surface area contributed by atoms with Gasteiger partial charge in [0.15, 0.2) is 0 Å². The Balaban J connectivity index is 1.93. The Bertz CT molecular complexity index is 314. The summed E-state index contributed by atoms with van der Waals surface area (Å²) >= 11 is 0. The topological polar surface area (TPSA) is 41.6 Å². The maximum Gasteiger partial charge on any atom is 0.310 e. The van der Waals surface area contributed by atoms with Gasteiger partial charge in [0, 0.05) is 31.2 Å². The lowest BCUT2D eigenvalue weighted by Gasteiger charge is -2.41. The number of piperidine rings is 1. The molecule has 1 heterocycles. The number of hydrogen-bond acceptors (Lipinski definition) is 4. The molecule has 1 aliphatic carbocycles. The molecule has 2 rings (SSSR count). The largest absolute Gasteiger partial charge is 0.469 e. The van der Waals surface area contributed by atoms with E-state index in [1.165, 1.54) is 39.2 Å². The molecule has 2 atom stereocenters. The first-order valence-electron chi connectivity index (χ1n) is 8.18. The fraction of sp³-hybridized carbons (Fsp3) is 0.938. The third-order valence-corrected chi connectivity index (χ3v) is 4.82. The number of carbonyl (C=O) groups is 1. The molecule has 0 radical (unpaired) electrons. The first kappa shape index (κ1) is 15.8. The van der Waals surface area contributed by atoms with Gasteiger partial charge in [-0.25, -0.2) is 0 Å².